The van der Waals surface area contributed by atoms with Gasteiger partial charge >= 0.3 is 0 Å². The van der Waals surface area contributed by atoms with Gasteiger partial charge in [0, 0.05) is 32.0 Å². The molecule has 0 unspecified atom stereocenters. The first-order chi connectivity index (χ1) is 9.47. The molecule has 2 aromatic rings. The van der Waals surface area contributed by atoms with E-state index < -0.39 is 0 Å². The van der Waals surface area contributed by atoms with E-state index in [1.165, 1.54) is 11.3 Å². The van der Waals surface area contributed by atoms with Crippen molar-refractivity contribution in [3.05, 3.63) is 53.1 Å². The van der Waals surface area contributed by atoms with Gasteiger partial charge in [-0.2, -0.15) is 0 Å². The van der Waals surface area contributed by atoms with Crippen molar-refractivity contribution in [2.24, 2.45) is 0 Å². The van der Waals surface area contributed by atoms with Crippen LogP contribution in [0.15, 0.2) is 36.4 Å². The Morgan fingerprint density at radius 3 is 2.30 bits per heavy atom. The molecule has 0 atom stereocenters. The van der Waals surface area contributed by atoms with Crippen molar-refractivity contribution in [1.82, 2.24) is 0 Å². The SMILES string of the molecule is Cc1cc(CNc2cccc(N(C)C)c2)cc(C)c1O. The van der Waals surface area contributed by atoms with E-state index in [1.807, 2.05) is 46.1 Å². The highest BCUT2D eigenvalue weighted by molar-refractivity contribution is 5.57. The van der Waals surface area contributed by atoms with Crippen molar-refractivity contribution >= 4 is 11.4 Å². The zero-order valence-corrected chi connectivity index (χ0v) is 12.6. The van der Waals surface area contributed by atoms with Crippen LogP contribution in [0.25, 0.3) is 0 Å². The topological polar surface area (TPSA) is 35.5 Å². The van der Waals surface area contributed by atoms with Gasteiger partial charge in [-0.25, -0.2) is 0 Å². The van der Waals surface area contributed by atoms with Gasteiger partial charge < -0.3 is 15.3 Å². The molecule has 0 bridgehead atoms. The van der Waals surface area contributed by atoms with E-state index in [-0.39, 0.29) is 0 Å². The van der Waals surface area contributed by atoms with Crippen LogP contribution in [0.2, 0.25) is 0 Å². The molecule has 0 heterocycles. The lowest BCUT2D eigenvalue weighted by Crippen LogP contribution is -2.09. The van der Waals surface area contributed by atoms with Gasteiger partial charge in [-0.15, -0.1) is 0 Å². The summed E-state index contributed by atoms with van der Waals surface area (Å²) in [6.45, 7) is 4.61. The van der Waals surface area contributed by atoms with Gasteiger partial charge in [-0.3, -0.25) is 0 Å². The largest absolute Gasteiger partial charge is 0.507 e. The van der Waals surface area contributed by atoms with Gasteiger partial charge in [0.05, 0.1) is 0 Å². The number of nitrogens with one attached hydrogen (secondary N) is 1. The first-order valence-electron chi connectivity index (χ1n) is 6.77. The zero-order valence-electron chi connectivity index (χ0n) is 12.6. The average Bonchev–Trinajstić information content (AvgIpc) is 2.42. The smallest absolute Gasteiger partial charge is 0.121 e. The average molecular weight is 270 g/mol. The molecule has 0 saturated carbocycles. The fraction of sp³-hybridized carbons (Fsp3) is 0.294. The van der Waals surface area contributed by atoms with Crippen LogP contribution in [0, 0.1) is 13.8 Å². The van der Waals surface area contributed by atoms with Crippen molar-refractivity contribution < 1.29 is 5.11 Å². The Morgan fingerprint density at radius 2 is 1.70 bits per heavy atom. The van der Waals surface area contributed by atoms with E-state index in [0.29, 0.717) is 5.75 Å². The number of aryl methyl sites for hydroxylation is 2. The lowest BCUT2D eigenvalue weighted by molar-refractivity contribution is 0.466. The third-order valence-electron chi connectivity index (χ3n) is 3.41. The predicted molar refractivity (Wildman–Crippen MR) is 85.7 cm³/mol. The molecule has 2 N–H and O–H groups in total. The third-order valence-corrected chi connectivity index (χ3v) is 3.41. The van der Waals surface area contributed by atoms with E-state index in [9.17, 15) is 5.11 Å². The summed E-state index contributed by atoms with van der Waals surface area (Å²) in [5.74, 6) is 0.392. The van der Waals surface area contributed by atoms with E-state index in [1.54, 1.807) is 0 Å². The van der Waals surface area contributed by atoms with Gasteiger partial charge in [-0.1, -0.05) is 18.2 Å². The van der Waals surface area contributed by atoms with Gasteiger partial charge in [-0.05, 0) is 48.7 Å². The molecular weight excluding hydrogens is 248 g/mol. The molecule has 0 aromatic heterocycles. The Labute approximate surface area is 120 Å². The number of benzene rings is 2. The van der Waals surface area contributed by atoms with Crippen molar-refractivity contribution in [2.45, 2.75) is 20.4 Å². The normalized spacial score (nSPS) is 10.4. The number of aromatic hydroxyl groups is 1. The Balaban J connectivity index is 2.11. The fourth-order valence-corrected chi connectivity index (χ4v) is 2.25. The Morgan fingerprint density at radius 1 is 1.05 bits per heavy atom. The molecule has 2 rings (SSSR count). The van der Waals surface area contributed by atoms with E-state index in [2.05, 4.69) is 28.4 Å². The molecule has 0 spiro atoms. The number of hydrogen-bond acceptors (Lipinski definition) is 3. The highest BCUT2D eigenvalue weighted by Gasteiger charge is 2.04. The summed E-state index contributed by atoms with van der Waals surface area (Å²) >= 11 is 0. The van der Waals surface area contributed by atoms with Crippen LogP contribution in [-0.4, -0.2) is 19.2 Å². The third kappa shape index (κ3) is 3.23. The Kier molecular flexibility index (Phi) is 4.18. The number of nitrogens with zero attached hydrogens (tertiary/aromatic N) is 1. The number of hydrogen-bond donors (Lipinski definition) is 2. The molecule has 3 nitrogen and oxygen atoms in total. The molecule has 0 radical (unpaired) electrons. The van der Waals surface area contributed by atoms with Crippen LogP contribution in [0.4, 0.5) is 11.4 Å². The molecule has 106 valence electrons. The maximum absolute atomic E-state index is 9.79. The number of phenolic OH excluding ortho intramolecular Hbond substituents is 1. The second kappa shape index (κ2) is 5.87. The van der Waals surface area contributed by atoms with E-state index in [0.717, 1.165) is 23.4 Å². The molecule has 3 heteroatoms. The highest BCUT2D eigenvalue weighted by Crippen LogP contribution is 2.24. The first kappa shape index (κ1) is 14.3. The Hall–Kier alpha value is -2.16. The summed E-state index contributed by atoms with van der Waals surface area (Å²) in [6.07, 6.45) is 0. The maximum Gasteiger partial charge on any atom is 0.121 e. The van der Waals surface area contributed by atoms with Crippen molar-refractivity contribution in [3.8, 4) is 5.75 Å². The minimum atomic E-state index is 0.392. The minimum Gasteiger partial charge on any atom is -0.507 e. The molecule has 0 aliphatic rings. The lowest BCUT2D eigenvalue weighted by atomic mass is 10.1. The fourth-order valence-electron chi connectivity index (χ4n) is 2.25. The first-order valence-corrected chi connectivity index (χ1v) is 6.77. The molecule has 0 fully saturated rings. The molecule has 0 saturated heterocycles. The molecule has 0 aliphatic heterocycles. The Bertz CT molecular complexity index is 583. The van der Waals surface area contributed by atoms with Gasteiger partial charge in [0.1, 0.15) is 5.75 Å². The predicted octanol–water partition coefficient (Wildman–Crippen LogP) is 3.69. The standard InChI is InChI=1S/C17H22N2O/c1-12-8-14(9-13(2)17(12)20)11-18-15-6-5-7-16(10-15)19(3)4/h5-10,18,20H,11H2,1-4H3. The second-order valence-corrected chi connectivity index (χ2v) is 5.38. The summed E-state index contributed by atoms with van der Waals surface area (Å²) in [4.78, 5) is 2.08. The number of rotatable bonds is 4. The summed E-state index contributed by atoms with van der Waals surface area (Å²) in [6, 6.07) is 12.4. The van der Waals surface area contributed by atoms with Crippen molar-refractivity contribution in [1.29, 1.82) is 0 Å². The van der Waals surface area contributed by atoms with Crippen LogP contribution in [0.3, 0.4) is 0 Å². The number of anilines is 2. The van der Waals surface area contributed by atoms with Gasteiger partial charge in [0.2, 0.25) is 0 Å². The molecule has 20 heavy (non-hydrogen) atoms. The van der Waals surface area contributed by atoms with Crippen LogP contribution in [-0.2, 0) is 6.54 Å². The quantitative estimate of drug-likeness (QED) is 0.889. The van der Waals surface area contributed by atoms with Crippen LogP contribution >= 0.6 is 0 Å². The van der Waals surface area contributed by atoms with E-state index >= 15 is 0 Å². The summed E-state index contributed by atoms with van der Waals surface area (Å²) in [5.41, 5.74) is 5.29. The second-order valence-electron chi connectivity index (χ2n) is 5.38. The minimum absolute atomic E-state index is 0.392. The van der Waals surface area contributed by atoms with Crippen LogP contribution in [0.5, 0.6) is 5.75 Å². The van der Waals surface area contributed by atoms with Crippen molar-refractivity contribution in [3.63, 3.8) is 0 Å². The summed E-state index contributed by atoms with van der Waals surface area (Å²) < 4.78 is 0. The van der Waals surface area contributed by atoms with E-state index in [4.69, 9.17) is 0 Å². The number of phenols is 1. The van der Waals surface area contributed by atoms with Gasteiger partial charge in [0.25, 0.3) is 0 Å². The van der Waals surface area contributed by atoms with Gasteiger partial charge in [0.15, 0.2) is 0 Å². The van der Waals surface area contributed by atoms with Crippen LogP contribution in [0.1, 0.15) is 16.7 Å². The molecule has 0 aliphatic carbocycles. The van der Waals surface area contributed by atoms with Crippen LogP contribution < -0.4 is 10.2 Å². The zero-order chi connectivity index (χ0) is 14.7. The van der Waals surface area contributed by atoms with Crippen molar-refractivity contribution in [2.75, 3.05) is 24.3 Å². The summed E-state index contributed by atoms with van der Waals surface area (Å²) in [7, 11) is 4.07. The monoisotopic (exact) mass is 270 g/mol. The maximum atomic E-state index is 9.79. The lowest BCUT2D eigenvalue weighted by Gasteiger charge is -2.15. The molecule has 2 aromatic carbocycles. The molecule has 0 amide bonds. The highest BCUT2D eigenvalue weighted by atomic mass is 16.3. The molecular formula is C17H22N2O. The summed E-state index contributed by atoms with van der Waals surface area (Å²) in [5, 5.41) is 13.2.